The molecule has 0 spiro atoms. The van der Waals surface area contributed by atoms with Gasteiger partial charge in [0.2, 0.25) is 0 Å². The van der Waals surface area contributed by atoms with E-state index in [0.29, 0.717) is 0 Å². The Morgan fingerprint density at radius 2 is 1.30 bits per heavy atom. The Labute approximate surface area is 199 Å². The highest BCUT2D eigenvalue weighted by Crippen LogP contribution is 2.55. The summed E-state index contributed by atoms with van der Waals surface area (Å²) < 4.78 is 5.45. The molecular formula is C31H39N2+. The van der Waals surface area contributed by atoms with Crippen molar-refractivity contribution in [2.75, 3.05) is 0 Å². The van der Waals surface area contributed by atoms with Gasteiger partial charge in [0, 0.05) is 36.8 Å². The van der Waals surface area contributed by atoms with E-state index in [1.807, 2.05) is 0 Å². The van der Waals surface area contributed by atoms with Gasteiger partial charge in [-0.2, -0.15) is 4.57 Å². The number of imidazole rings is 1. The SMILES string of the molecule is Cc1ccccc1-n1c(C)c2[n+](c1C)C(C1CCCCC1)(C1CCCCC1)c1ccccc1-2. The predicted octanol–water partition coefficient (Wildman–Crippen LogP) is 7.57. The molecule has 2 heteroatoms. The minimum atomic E-state index is 0.121. The Hall–Kier alpha value is -2.35. The van der Waals surface area contributed by atoms with Gasteiger partial charge in [-0.1, -0.05) is 81.0 Å². The number of benzene rings is 2. The molecule has 3 aromatic rings. The Bertz CT molecular complexity index is 1150. The third-order valence-corrected chi connectivity index (χ3v) is 9.34. The number of hydrogen-bond donors (Lipinski definition) is 0. The van der Waals surface area contributed by atoms with E-state index in [0.717, 1.165) is 11.8 Å². The summed E-state index contributed by atoms with van der Waals surface area (Å²) >= 11 is 0. The quantitative estimate of drug-likeness (QED) is 0.372. The van der Waals surface area contributed by atoms with Crippen LogP contribution >= 0.6 is 0 Å². The van der Waals surface area contributed by atoms with Crippen LogP contribution < -0.4 is 4.57 Å². The lowest BCUT2D eigenvalue weighted by Gasteiger charge is -2.45. The van der Waals surface area contributed by atoms with E-state index >= 15 is 0 Å². The van der Waals surface area contributed by atoms with Crippen LogP contribution in [0, 0.1) is 32.6 Å². The lowest BCUT2D eigenvalue weighted by Crippen LogP contribution is -2.65. The maximum absolute atomic E-state index is 2.88. The van der Waals surface area contributed by atoms with Crippen LogP contribution in [0.1, 0.15) is 86.9 Å². The van der Waals surface area contributed by atoms with E-state index < -0.39 is 0 Å². The average molecular weight is 440 g/mol. The van der Waals surface area contributed by atoms with Gasteiger partial charge < -0.3 is 0 Å². The first kappa shape index (κ1) is 21.2. The molecule has 2 heterocycles. The van der Waals surface area contributed by atoms with E-state index in [2.05, 4.69) is 78.4 Å². The first-order chi connectivity index (χ1) is 16.2. The predicted molar refractivity (Wildman–Crippen MR) is 136 cm³/mol. The molecule has 2 aliphatic carbocycles. The largest absolute Gasteiger partial charge is 0.259 e. The molecule has 33 heavy (non-hydrogen) atoms. The second-order valence-corrected chi connectivity index (χ2v) is 11.0. The van der Waals surface area contributed by atoms with E-state index in [1.54, 1.807) is 5.56 Å². The van der Waals surface area contributed by atoms with E-state index in [-0.39, 0.29) is 5.54 Å². The maximum atomic E-state index is 2.88. The fourth-order valence-corrected chi connectivity index (χ4v) is 8.09. The molecule has 0 atom stereocenters. The van der Waals surface area contributed by atoms with Crippen molar-refractivity contribution in [3.63, 3.8) is 0 Å². The molecule has 172 valence electrons. The Morgan fingerprint density at radius 1 is 0.727 bits per heavy atom. The summed E-state index contributed by atoms with van der Waals surface area (Å²) in [5.74, 6) is 2.91. The van der Waals surface area contributed by atoms with Gasteiger partial charge in [-0.25, -0.2) is 4.57 Å². The van der Waals surface area contributed by atoms with Gasteiger partial charge in [-0.3, -0.25) is 0 Å². The van der Waals surface area contributed by atoms with Crippen LogP contribution in [-0.4, -0.2) is 4.57 Å². The third-order valence-electron chi connectivity index (χ3n) is 9.34. The van der Waals surface area contributed by atoms with Crippen molar-refractivity contribution >= 4 is 0 Å². The van der Waals surface area contributed by atoms with Crippen LogP contribution in [0.3, 0.4) is 0 Å². The number of aromatic nitrogens is 2. The summed E-state index contributed by atoms with van der Waals surface area (Å²) in [6.45, 7) is 7.02. The molecule has 2 nitrogen and oxygen atoms in total. The molecule has 3 aliphatic rings. The Morgan fingerprint density at radius 3 is 1.94 bits per heavy atom. The van der Waals surface area contributed by atoms with E-state index in [9.17, 15) is 0 Å². The van der Waals surface area contributed by atoms with Gasteiger partial charge in [0.15, 0.2) is 11.4 Å². The minimum Gasteiger partial charge on any atom is -0.217 e. The average Bonchev–Trinajstić information content (AvgIpc) is 3.31. The van der Waals surface area contributed by atoms with Crippen molar-refractivity contribution in [3.8, 4) is 16.9 Å². The van der Waals surface area contributed by atoms with Gasteiger partial charge in [0.05, 0.1) is 0 Å². The zero-order valence-electron chi connectivity index (χ0n) is 20.7. The molecule has 1 aliphatic heterocycles. The van der Waals surface area contributed by atoms with Crippen molar-refractivity contribution < 1.29 is 4.57 Å². The number of para-hydroxylation sites is 1. The van der Waals surface area contributed by atoms with Crippen molar-refractivity contribution in [1.82, 2.24) is 4.57 Å². The van der Waals surface area contributed by atoms with Gasteiger partial charge >= 0.3 is 0 Å². The summed E-state index contributed by atoms with van der Waals surface area (Å²) in [5.41, 5.74) is 8.85. The fourth-order valence-electron chi connectivity index (χ4n) is 8.09. The van der Waals surface area contributed by atoms with Crippen LogP contribution in [0.2, 0.25) is 0 Å². The highest BCUT2D eigenvalue weighted by molar-refractivity contribution is 5.69. The molecule has 0 radical (unpaired) electrons. The van der Waals surface area contributed by atoms with Crippen molar-refractivity contribution in [1.29, 1.82) is 0 Å². The molecule has 2 saturated carbocycles. The van der Waals surface area contributed by atoms with Crippen LogP contribution in [0.15, 0.2) is 48.5 Å². The molecule has 0 unspecified atom stereocenters. The molecule has 2 aromatic carbocycles. The third kappa shape index (κ3) is 2.95. The highest BCUT2D eigenvalue weighted by atomic mass is 15.2. The number of nitrogens with zero attached hydrogens (tertiary/aromatic N) is 2. The fraction of sp³-hybridized carbons (Fsp3) is 0.516. The Kier molecular flexibility index (Phi) is 5.24. The van der Waals surface area contributed by atoms with Gasteiger partial charge in [-0.05, 0) is 44.2 Å². The lowest BCUT2D eigenvalue weighted by molar-refractivity contribution is -0.761. The molecule has 0 bridgehead atoms. The normalized spacial score (nSPS) is 20.6. The van der Waals surface area contributed by atoms with Crippen LogP contribution in [0.25, 0.3) is 16.9 Å². The monoisotopic (exact) mass is 439 g/mol. The maximum Gasteiger partial charge on any atom is 0.259 e. The molecule has 6 rings (SSSR count). The van der Waals surface area contributed by atoms with Crippen LogP contribution in [0.4, 0.5) is 0 Å². The number of rotatable bonds is 3. The first-order valence-electron chi connectivity index (χ1n) is 13.5. The number of hydrogen-bond acceptors (Lipinski definition) is 0. The molecule has 2 fully saturated rings. The smallest absolute Gasteiger partial charge is 0.217 e. The first-order valence-corrected chi connectivity index (χ1v) is 13.5. The van der Waals surface area contributed by atoms with Crippen molar-refractivity contribution in [2.24, 2.45) is 11.8 Å². The summed E-state index contributed by atoms with van der Waals surface area (Å²) in [6.07, 6.45) is 13.9. The number of aryl methyl sites for hydroxylation is 1. The topological polar surface area (TPSA) is 8.81 Å². The van der Waals surface area contributed by atoms with Crippen LogP contribution in [-0.2, 0) is 5.54 Å². The zero-order chi connectivity index (χ0) is 22.6. The Balaban J connectivity index is 1.68. The molecule has 0 N–H and O–H groups in total. The van der Waals surface area contributed by atoms with E-state index in [4.69, 9.17) is 0 Å². The van der Waals surface area contributed by atoms with Crippen molar-refractivity contribution in [2.45, 2.75) is 90.5 Å². The van der Waals surface area contributed by atoms with E-state index in [1.165, 1.54) is 98.2 Å². The lowest BCUT2D eigenvalue weighted by atomic mass is 9.61. The van der Waals surface area contributed by atoms with Crippen molar-refractivity contribution in [3.05, 3.63) is 71.2 Å². The zero-order valence-corrected chi connectivity index (χ0v) is 20.7. The van der Waals surface area contributed by atoms with Crippen LogP contribution in [0.5, 0.6) is 0 Å². The van der Waals surface area contributed by atoms with Gasteiger partial charge in [0.1, 0.15) is 11.2 Å². The molecule has 0 amide bonds. The minimum absolute atomic E-state index is 0.121. The summed E-state index contributed by atoms with van der Waals surface area (Å²) in [7, 11) is 0. The molecule has 1 aromatic heterocycles. The summed E-state index contributed by atoms with van der Waals surface area (Å²) in [4.78, 5) is 0. The standard InChI is InChI=1S/C31H39N2/c1-22-14-10-13-21-29(22)32-23(2)30-27-19-11-12-20-28(27)31(33(30)24(32)3,25-15-6-4-7-16-25)26-17-8-5-9-18-26/h10-14,19-21,25-26H,4-9,15-18H2,1-3H3/q+1. The second-order valence-electron chi connectivity index (χ2n) is 11.0. The van der Waals surface area contributed by atoms with Gasteiger partial charge in [-0.15, -0.1) is 0 Å². The number of fused-ring (bicyclic) bond motifs is 3. The molecular weight excluding hydrogens is 400 g/mol. The summed E-state index contributed by atoms with van der Waals surface area (Å²) in [5, 5.41) is 0. The molecule has 0 saturated heterocycles. The second kappa shape index (κ2) is 8.15. The van der Waals surface area contributed by atoms with Gasteiger partial charge in [0.25, 0.3) is 5.82 Å². The summed E-state index contributed by atoms with van der Waals surface area (Å²) in [6, 6.07) is 18.4. The highest BCUT2D eigenvalue weighted by Gasteiger charge is 2.59.